The predicted octanol–water partition coefficient (Wildman–Crippen LogP) is 9.95. The lowest BCUT2D eigenvalue weighted by molar-refractivity contribution is -0.298. The minimum atomic E-state index is -5.07. The Morgan fingerprint density at radius 1 is 0.650 bits per heavy atom. The largest absolute Gasteiger partial charge is 0.397 e. The summed E-state index contributed by atoms with van der Waals surface area (Å²) >= 11 is 0. The van der Waals surface area contributed by atoms with E-state index >= 15 is 0 Å². The smallest absolute Gasteiger partial charge is 0.394 e. The summed E-state index contributed by atoms with van der Waals surface area (Å²) in [7, 11) is -5.07. The first kappa shape index (κ1) is 56.9. The fraction of sp³-hybridized carbons (Fsp3) is 0.936. The molecular weight excluding hydrogens is 787 g/mol. The highest BCUT2D eigenvalue weighted by atomic mass is 32.3. The van der Waals surface area contributed by atoms with Crippen LogP contribution >= 0.6 is 0 Å². The Morgan fingerprint density at radius 2 is 1.07 bits per heavy atom. The number of unbranched alkanes of at least 4 members (excludes halogenated alkanes) is 28. The van der Waals surface area contributed by atoms with E-state index in [2.05, 4.69) is 35.5 Å². The molecule has 0 bridgehead atoms. The van der Waals surface area contributed by atoms with E-state index in [4.69, 9.17) is 9.47 Å². The molecule has 0 spiro atoms. The average Bonchev–Trinajstić information content (AvgIpc) is 3.22. The van der Waals surface area contributed by atoms with E-state index in [0.717, 1.165) is 51.4 Å². The van der Waals surface area contributed by atoms with Crippen molar-refractivity contribution < 1.29 is 51.8 Å². The number of ether oxygens (including phenoxy) is 2. The molecule has 1 rings (SSSR count). The topological polar surface area (TPSA) is 192 Å². The van der Waals surface area contributed by atoms with Gasteiger partial charge < -0.3 is 35.2 Å². The van der Waals surface area contributed by atoms with Crippen LogP contribution in [0.2, 0.25) is 0 Å². The van der Waals surface area contributed by atoms with Gasteiger partial charge in [0.2, 0.25) is 5.91 Å². The molecule has 1 saturated heterocycles. The van der Waals surface area contributed by atoms with Crippen molar-refractivity contribution in [1.29, 1.82) is 0 Å². The summed E-state index contributed by atoms with van der Waals surface area (Å²) in [6.45, 7) is 3.45. The van der Waals surface area contributed by atoms with Gasteiger partial charge in [-0.15, -0.1) is 0 Å². The summed E-state index contributed by atoms with van der Waals surface area (Å²) < 4.78 is 47.7. The lowest BCUT2D eigenvalue weighted by Gasteiger charge is -2.41. The molecule has 6 N–H and O–H groups in total. The summed E-state index contributed by atoms with van der Waals surface area (Å²) in [5.41, 5.74) is 0. The van der Waals surface area contributed by atoms with Crippen molar-refractivity contribution in [3.8, 4) is 0 Å². The zero-order valence-electron chi connectivity index (χ0n) is 38.0. The number of hydrogen-bond acceptors (Lipinski definition) is 10. The van der Waals surface area contributed by atoms with Crippen molar-refractivity contribution in [3.05, 3.63) is 12.2 Å². The van der Waals surface area contributed by atoms with E-state index in [1.165, 1.54) is 141 Å². The van der Waals surface area contributed by atoms with E-state index in [1.807, 2.05) is 0 Å². The molecule has 1 fully saturated rings. The van der Waals surface area contributed by atoms with Gasteiger partial charge >= 0.3 is 10.4 Å². The van der Waals surface area contributed by atoms with Crippen LogP contribution in [0.4, 0.5) is 0 Å². The maximum Gasteiger partial charge on any atom is 0.397 e. The summed E-state index contributed by atoms with van der Waals surface area (Å²) in [6, 6.07) is -0.856. The van der Waals surface area contributed by atoms with Crippen LogP contribution in [-0.2, 0) is 28.9 Å². The Morgan fingerprint density at radius 3 is 1.50 bits per heavy atom. The number of amides is 1. The van der Waals surface area contributed by atoms with Gasteiger partial charge in [0.25, 0.3) is 0 Å². The number of allylic oxidation sites excluding steroid dienone is 2. The average molecular weight is 878 g/mol. The van der Waals surface area contributed by atoms with Crippen molar-refractivity contribution in [2.45, 2.75) is 269 Å². The van der Waals surface area contributed by atoms with Gasteiger partial charge in [0, 0.05) is 6.42 Å². The predicted molar refractivity (Wildman–Crippen MR) is 241 cm³/mol. The Balaban J connectivity index is 2.42. The number of aliphatic hydroxyl groups excluding tert-OH is 4. The van der Waals surface area contributed by atoms with Crippen molar-refractivity contribution in [1.82, 2.24) is 5.32 Å². The maximum atomic E-state index is 13.1. The molecule has 1 aliphatic rings. The van der Waals surface area contributed by atoms with Gasteiger partial charge in [-0.05, 0) is 38.5 Å². The zero-order chi connectivity index (χ0) is 44.1. The zero-order valence-corrected chi connectivity index (χ0v) is 38.9. The van der Waals surface area contributed by atoms with Crippen LogP contribution < -0.4 is 5.32 Å². The van der Waals surface area contributed by atoms with Gasteiger partial charge in [-0.1, -0.05) is 193 Å². The van der Waals surface area contributed by atoms with Crippen LogP contribution in [0.15, 0.2) is 12.2 Å². The van der Waals surface area contributed by atoms with Crippen LogP contribution in [0.25, 0.3) is 0 Å². The summed E-state index contributed by atoms with van der Waals surface area (Å²) in [6.07, 6.45) is 33.6. The van der Waals surface area contributed by atoms with E-state index in [1.54, 1.807) is 0 Å². The number of hydrogen-bond donors (Lipinski definition) is 6. The highest BCUT2D eigenvalue weighted by Crippen LogP contribution is 2.26. The standard InChI is InChI=1S/C47H91NO11S/c1-3-5-7-9-11-13-15-17-18-19-20-21-22-23-24-25-27-29-31-33-35-37-43(51)48-40(41(50)36-34-32-30-28-26-16-14-12-10-8-6-4-2)39-57-47-45(53)46(59-60(54,55)56)44(52)42(38-49)58-47/h21-22,40-42,44-47,49-50,52-53H,3-20,23-39H2,1-2H3,(H,48,51)(H,54,55,56)/b22-21-. The Labute approximate surface area is 366 Å². The normalized spacial score (nSPS) is 20.8. The number of carbonyl (C=O) groups is 1. The molecule has 7 unspecified atom stereocenters. The van der Waals surface area contributed by atoms with Crippen LogP contribution in [0, 0.1) is 0 Å². The third-order valence-electron chi connectivity index (χ3n) is 11.8. The van der Waals surface area contributed by atoms with Gasteiger partial charge in [0.05, 0.1) is 25.4 Å². The summed E-state index contributed by atoms with van der Waals surface area (Å²) in [5, 5.41) is 44.8. The second kappa shape index (κ2) is 38.3. The van der Waals surface area contributed by atoms with E-state index in [9.17, 15) is 38.2 Å². The van der Waals surface area contributed by atoms with Crippen LogP contribution in [-0.4, -0.2) is 95.4 Å². The number of rotatable bonds is 42. The third-order valence-corrected chi connectivity index (χ3v) is 12.3. The molecule has 0 aromatic rings. The first-order valence-corrected chi connectivity index (χ1v) is 25.9. The SMILES string of the molecule is CCCCCCCCCCCC/C=C\CCCCCCCCCC(=O)NC(COC1OC(CO)C(O)C(OS(=O)(=O)O)C1O)C(O)CCCCCCCCCCCCCC. The Kier molecular flexibility index (Phi) is 36.3. The molecule has 0 radical (unpaired) electrons. The summed E-state index contributed by atoms with van der Waals surface area (Å²) in [5.74, 6) is -0.233. The Bertz CT molecular complexity index is 1130. The molecule has 0 aromatic heterocycles. The molecule has 0 saturated carbocycles. The molecule has 60 heavy (non-hydrogen) atoms. The molecule has 12 nitrogen and oxygen atoms in total. The Hall–Kier alpha value is -1.16. The summed E-state index contributed by atoms with van der Waals surface area (Å²) in [4.78, 5) is 13.1. The monoisotopic (exact) mass is 878 g/mol. The van der Waals surface area contributed by atoms with Crippen molar-refractivity contribution >= 4 is 16.3 Å². The fourth-order valence-electron chi connectivity index (χ4n) is 7.98. The van der Waals surface area contributed by atoms with Crippen molar-refractivity contribution in [2.24, 2.45) is 0 Å². The van der Waals surface area contributed by atoms with Gasteiger partial charge in [-0.25, -0.2) is 4.18 Å². The van der Waals surface area contributed by atoms with E-state index < -0.39 is 59.9 Å². The first-order chi connectivity index (χ1) is 29.0. The molecule has 13 heteroatoms. The fourth-order valence-corrected chi connectivity index (χ4v) is 8.49. The van der Waals surface area contributed by atoms with Crippen LogP contribution in [0.3, 0.4) is 0 Å². The first-order valence-electron chi connectivity index (χ1n) is 24.6. The minimum absolute atomic E-state index is 0.233. The van der Waals surface area contributed by atoms with E-state index in [-0.39, 0.29) is 18.9 Å². The molecule has 0 aliphatic carbocycles. The molecule has 1 amide bonds. The van der Waals surface area contributed by atoms with Gasteiger partial charge in [-0.2, -0.15) is 8.42 Å². The molecule has 7 atom stereocenters. The van der Waals surface area contributed by atoms with Gasteiger partial charge in [0.15, 0.2) is 6.29 Å². The second-order valence-corrected chi connectivity index (χ2v) is 18.5. The van der Waals surface area contributed by atoms with Gasteiger partial charge in [0.1, 0.15) is 24.4 Å². The van der Waals surface area contributed by atoms with Crippen molar-refractivity contribution in [2.75, 3.05) is 13.2 Å². The minimum Gasteiger partial charge on any atom is -0.394 e. The molecule has 1 heterocycles. The maximum absolute atomic E-state index is 13.1. The van der Waals surface area contributed by atoms with Crippen LogP contribution in [0.5, 0.6) is 0 Å². The molecule has 0 aromatic carbocycles. The third kappa shape index (κ3) is 30.8. The molecule has 1 aliphatic heterocycles. The van der Waals surface area contributed by atoms with Crippen LogP contribution in [0.1, 0.15) is 226 Å². The van der Waals surface area contributed by atoms with Gasteiger partial charge in [-0.3, -0.25) is 9.35 Å². The lowest BCUT2D eigenvalue weighted by Crippen LogP contribution is -2.61. The quantitative estimate of drug-likeness (QED) is 0.0194. The number of aliphatic hydroxyl groups is 4. The number of carbonyl (C=O) groups excluding carboxylic acids is 1. The van der Waals surface area contributed by atoms with Crippen molar-refractivity contribution in [3.63, 3.8) is 0 Å². The van der Waals surface area contributed by atoms with E-state index in [0.29, 0.717) is 12.8 Å². The number of nitrogens with one attached hydrogen (secondary N) is 1. The lowest BCUT2D eigenvalue weighted by atomic mass is 9.99. The molecular formula is C47H91NO11S. The molecule has 356 valence electrons. The second-order valence-electron chi connectivity index (χ2n) is 17.4. The highest BCUT2D eigenvalue weighted by Gasteiger charge is 2.48. The highest BCUT2D eigenvalue weighted by molar-refractivity contribution is 7.80.